The second-order valence-corrected chi connectivity index (χ2v) is 7.39. The predicted molar refractivity (Wildman–Crippen MR) is 71.5 cm³/mol. The number of amides is 1. The van der Waals surface area contributed by atoms with Crippen LogP contribution in [0.4, 0.5) is 0 Å². The van der Waals surface area contributed by atoms with Crippen molar-refractivity contribution in [1.29, 1.82) is 0 Å². The molecular weight excluding hydrogens is 266 g/mol. The van der Waals surface area contributed by atoms with E-state index in [1.165, 1.54) is 0 Å². The second kappa shape index (κ2) is 5.32. The quantitative estimate of drug-likeness (QED) is 0.847. The monoisotopic (exact) mass is 285 g/mol. The average molecular weight is 285 g/mol. The molecule has 0 aromatic carbocycles. The van der Waals surface area contributed by atoms with Crippen LogP contribution in [0.3, 0.4) is 0 Å². The lowest BCUT2D eigenvalue weighted by atomic mass is 10.1. The van der Waals surface area contributed by atoms with Crippen LogP contribution in [0.2, 0.25) is 0 Å². The Morgan fingerprint density at radius 2 is 2.26 bits per heavy atom. The van der Waals surface area contributed by atoms with Crippen LogP contribution < -0.4 is 5.32 Å². The molecular formula is C12H19N3O3S. The minimum absolute atomic E-state index is 0.0504. The van der Waals surface area contributed by atoms with Crippen molar-refractivity contribution < 1.29 is 13.2 Å². The van der Waals surface area contributed by atoms with E-state index < -0.39 is 9.84 Å². The summed E-state index contributed by atoms with van der Waals surface area (Å²) in [5, 5.41) is 7.00. The zero-order chi connectivity index (χ0) is 14.0. The van der Waals surface area contributed by atoms with E-state index in [1.54, 1.807) is 4.68 Å². The van der Waals surface area contributed by atoms with Crippen LogP contribution >= 0.6 is 0 Å². The van der Waals surface area contributed by atoms with Crippen molar-refractivity contribution in [2.75, 3.05) is 18.1 Å². The van der Waals surface area contributed by atoms with Crippen LogP contribution in [0, 0.1) is 19.8 Å². The summed E-state index contributed by atoms with van der Waals surface area (Å²) in [7, 11) is -2.87. The van der Waals surface area contributed by atoms with Gasteiger partial charge in [0, 0.05) is 12.2 Å². The standard InChI is InChI=1S/C12H19N3O3S/c1-9-5-10(2)15(14-9)7-12(16)13-6-11-3-4-19(17,18)8-11/h5,11H,3-4,6-8H2,1-2H3,(H,13,16). The highest BCUT2D eigenvalue weighted by molar-refractivity contribution is 7.91. The van der Waals surface area contributed by atoms with Crippen molar-refractivity contribution in [2.24, 2.45) is 5.92 Å². The van der Waals surface area contributed by atoms with Crippen molar-refractivity contribution in [2.45, 2.75) is 26.8 Å². The molecule has 1 amide bonds. The Balaban J connectivity index is 1.81. The second-order valence-electron chi connectivity index (χ2n) is 5.16. The summed E-state index contributed by atoms with van der Waals surface area (Å²) in [6.45, 7) is 4.39. The van der Waals surface area contributed by atoms with Gasteiger partial charge in [0.2, 0.25) is 5.91 Å². The molecule has 0 spiro atoms. The molecule has 1 N–H and O–H groups in total. The summed E-state index contributed by atoms with van der Waals surface area (Å²) in [5.41, 5.74) is 1.82. The molecule has 6 nitrogen and oxygen atoms in total. The van der Waals surface area contributed by atoms with Gasteiger partial charge in [-0.05, 0) is 32.3 Å². The highest BCUT2D eigenvalue weighted by Gasteiger charge is 2.27. The Bertz CT molecular complexity index is 577. The molecule has 0 aliphatic carbocycles. The van der Waals surface area contributed by atoms with E-state index in [0.29, 0.717) is 13.0 Å². The largest absolute Gasteiger partial charge is 0.354 e. The van der Waals surface area contributed by atoms with E-state index in [1.807, 2.05) is 19.9 Å². The molecule has 2 rings (SSSR count). The van der Waals surface area contributed by atoms with E-state index >= 15 is 0 Å². The maximum Gasteiger partial charge on any atom is 0.241 e. The maximum absolute atomic E-state index is 11.8. The van der Waals surface area contributed by atoms with Gasteiger partial charge >= 0.3 is 0 Å². The first-order valence-corrected chi connectivity index (χ1v) is 8.16. The molecule has 1 fully saturated rings. The molecule has 106 valence electrons. The van der Waals surface area contributed by atoms with Gasteiger partial charge in [0.05, 0.1) is 17.2 Å². The smallest absolute Gasteiger partial charge is 0.241 e. The van der Waals surface area contributed by atoms with Gasteiger partial charge in [-0.3, -0.25) is 9.48 Å². The first-order valence-electron chi connectivity index (χ1n) is 6.34. The average Bonchev–Trinajstić information content (AvgIpc) is 2.79. The summed E-state index contributed by atoms with van der Waals surface area (Å²) >= 11 is 0. The number of aryl methyl sites for hydroxylation is 2. The van der Waals surface area contributed by atoms with Crippen LogP contribution in [-0.2, 0) is 21.2 Å². The molecule has 1 aromatic rings. The van der Waals surface area contributed by atoms with E-state index in [2.05, 4.69) is 10.4 Å². The predicted octanol–water partition coefficient (Wildman–Crippen LogP) is 0.0508. The molecule has 0 bridgehead atoms. The van der Waals surface area contributed by atoms with Gasteiger partial charge < -0.3 is 5.32 Å². The molecule has 7 heteroatoms. The van der Waals surface area contributed by atoms with Gasteiger partial charge in [-0.25, -0.2) is 8.42 Å². The van der Waals surface area contributed by atoms with Gasteiger partial charge in [-0.1, -0.05) is 0 Å². The first-order chi connectivity index (χ1) is 8.85. The van der Waals surface area contributed by atoms with Crippen LogP contribution in [-0.4, -0.2) is 42.2 Å². The van der Waals surface area contributed by atoms with Crippen LogP contribution in [0.1, 0.15) is 17.8 Å². The van der Waals surface area contributed by atoms with Crippen LogP contribution in [0.25, 0.3) is 0 Å². The minimum Gasteiger partial charge on any atom is -0.354 e. The van der Waals surface area contributed by atoms with E-state index in [-0.39, 0.29) is 29.9 Å². The highest BCUT2D eigenvalue weighted by Crippen LogP contribution is 2.17. The van der Waals surface area contributed by atoms with Gasteiger partial charge in [-0.2, -0.15) is 5.10 Å². The van der Waals surface area contributed by atoms with Crippen molar-refractivity contribution in [3.63, 3.8) is 0 Å². The number of rotatable bonds is 4. The molecule has 0 radical (unpaired) electrons. The Morgan fingerprint density at radius 3 is 2.79 bits per heavy atom. The summed E-state index contributed by atoms with van der Waals surface area (Å²) in [4.78, 5) is 11.8. The summed E-state index contributed by atoms with van der Waals surface area (Å²) in [6.07, 6.45) is 0.641. The first kappa shape index (κ1) is 14.0. The molecule has 1 aromatic heterocycles. The third-order valence-electron chi connectivity index (χ3n) is 3.31. The molecule has 1 aliphatic rings. The molecule has 0 saturated carbocycles. The minimum atomic E-state index is -2.87. The fourth-order valence-corrected chi connectivity index (χ4v) is 4.18. The van der Waals surface area contributed by atoms with Crippen molar-refractivity contribution in [3.8, 4) is 0 Å². The van der Waals surface area contributed by atoms with Crippen molar-refractivity contribution in [3.05, 3.63) is 17.5 Å². The zero-order valence-corrected chi connectivity index (χ0v) is 12.0. The molecule has 1 unspecified atom stereocenters. The lowest BCUT2D eigenvalue weighted by Crippen LogP contribution is -2.33. The van der Waals surface area contributed by atoms with E-state index in [9.17, 15) is 13.2 Å². The van der Waals surface area contributed by atoms with E-state index in [0.717, 1.165) is 11.4 Å². The Hall–Kier alpha value is -1.37. The number of nitrogens with zero attached hydrogens (tertiary/aromatic N) is 2. The molecule has 1 atom stereocenters. The summed E-state index contributed by atoms with van der Waals surface area (Å²) in [6, 6.07) is 1.91. The number of sulfone groups is 1. The Kier molecular flexibility index (Phi) is 3.93. The van der Waals surface area contributed by atoms with Gasteiger partial charge in [0.15, 0.2) is 9.84 Å². The van der Waals surface area contributed by atoms with Gasteiger partial charge in [0.25, 0.3) is 0 Å². The van der Waals surface area contributed by atoms with Crippen LogP contribution in [0.5, 0.6) is 0 Å². The maximum atomic E-state index is 11.8. The molecule has 1 aliphatic heterocycles. The molecule has 19 heavy (non-hydrogen) atoms. The third kappa shape index (κ3) is 3.79. The SMILES string of the molecule is Cc1cc(C)n(CC(=O)NCC2CCS(=O)(=O)C2)n1. The number of hydrogen-bond donors (Lipinski definition) is 1. The highest BCUT2D eigenvalue weighted by atomic mass is 32.2. The Morgan fingerprint density at radius 1 is 1.53 bits per heavy atom. The molecule has 1 saturated heterocycles. The molecule has 2 heterocycles. The van der Waals surface area contributed by atoms with Crippen molar-refractivity contribution in [1.82, 2.24) is 15.1 Å². The van der Waals surface area contributed by atoms with Gasteiger partial charge in [0.1, 0.15) is 6.54 Å². The number of nitrogens with one attached hydrogen (secondary N) is 1. The summed E-state index contributed by atoms with van der Waals surface area (Å²) < 4.78 is 24.2. The normalized spacial score (nSPS) is 21.5. The fraction of sp³-hybridized carbons (Fsp3) is 0.667. The fourth-order valence-electron chi connectivity index (χ4n) is 2.32. The zero-order valence-electron chi connectivity index (χ0n) is 11.2. The lowest BCUT2D eigenvalue weighted by Gasteiger charge is -2.10. The van der Waals surface area contributed by atoms with Crippen LogP contribution in [0.15, 0.2) is 6.07 Å². The van der Waals surface area contributed by atoms with Crippen molar-refractivity contribution >= 4 is 15.7 Å². The van der Waals surface area contributed by atoms with E-state index in [4.69, 9.17) is 0 Å². The topological polar surface area (TPSA) is 81.1 Å². The Labute approximate surface area is 113 Å². The number of hydrogen-bond acceptors (Lipinski definition) is 4. The number of aromatic nitrogens is 2. The summed E-state index contributed by atoms with van der Waals surface area (Å²) in [5.74, 6) is 0.350. The lowest BCUT2D eigenvalue weighted by molar-refractivity contribution is -0.122. The number of carbonyl (C=O) groups excluding carboxylic acids is 1. The third-order valence-corrected chi connectivity index (χ3v) is 5.15. The number of carbonyl (C=O) groups is 1. The van der Waals surface area contributed by atoms with Gasteiger partial charge in [-0.15, -0.1) is 0 Å².